The SMILES string of the molecule is CN(C/C=C/Cc1ccccc1)c1ccccc1. The van der Waals surface area contributed by atoms with Crippen LogP contribution in [0, 0.1) is 0 Å². The van der Waals surface area contributed by atoms with E-state index in [1.54, 1.807) is 0 Å². The number of para-hydroxylation sites is 1. The molecule has 92 valence electrons. The molecule has 2 aromatic rings. The average molecular weight is 237 g/mol. The second-order valence-electron chi connectivity index (χ2n) is 4.38. The normalized spacial score (nSPS) is 10.7. The molecule has 0 atom stereocenters. The van der Waals surface area contributed by atoms with Gasteiger partial charge in [0, 0.05) is 19.3 Å². The molecule has 0 unspecified atom stereocenters. The molecule has 0 radical (unpaired) electrons. The number of allylic oxidation sites excluding steroid dienone is 1. The van der Waals surface area contributed by atoms with E-state index in [9.17, 15) is 0 Å². The number of hydrogen-bond acceptors (Lipinski definition) is 1. The van der Waals surface area contributed by atoms with Crippen molar-refractivity contribution in [1.29, 1.82) is 0 Å². The predicted octanol–water partition coefficient (Wildman–Crippen LogP) is 3.92. The minimum atomic E-state index is 0.941. The van der Waals surface area contributed by atoms with Crippen LogP contribution < -0.4 is 4.90 Å². The van der Waals surface area contributed by atoms with Crippen LogP contribution in [0.2, 0.25) is 0 Å². The summed E-state index contributed by atoms with van der Waals surface area (Å²) in [7, 11) is 2.11. The summed E-state index contributed by atoms with van der Waals surface area (Å²) >= 11 is 0. The lowest BCUT2D eigenvalue weighted by molar-refractivity contribution is 1.02. The third-order valence-corrected chi connectivity index (χ3v) is 2.94. The van der Waals surface area contributed by atoms with Gasteiger partial charge < -0.3 is 4.90 Å². The Balaban J connectivity index is 1.81. The van der Waals surface area contributed by atoms with Gasteiger partial charge in [0.25, 0.3) is 0 Å². The van der Waals surface area contributed by atoms with Crippen molar-refractivity contribution in [3.05, 3.63) is 78.4 Å². The molecule has 1 nitrogen and oxygen atoms in total. The van der Waals surface area contributed by atoms with E-state index < -0.39 is 0 Å². The van der Waals surface area contributed by atoms with Crippen molar-refractivity contribution in [2.24, 2.45) is 0 Å². The molecule has 0 aliphatic rings. The number of hydrogen-bond donors (Lipinski definition) is 0. The first-order valence-electron chi connectivity index (χ1n) is 6.31. The monoisotopic (exact) mass is 237 g/mol. The van der Waals surface area contributed by atoms with Crippen LogP contribution in [0.1, 0.15) is 5.56 Å². The molecule has 2 aromatic carbocycles. The highest BCUT2D eigenvalue weighted by atomic mass is 15.1. The summed E-state index contributed by atoms with van der Waals surface area (Å²) in [5.74, 6) is 0. The smallest absolute Gasteiger partial charge is 0.0366 e. The van der Waals surface area contributed by atoms with E-state index in [2.05, 4.69) is 78.7 Å². The maximum absolute atomic E-state index is 2.24. The van der Waals surface area contributed by atoms with E-state index in [0.717, 1.165) is 13.0 Å². The van der Waals surface area contributed by atoms with Crippen LogP contribution in [0.5, 0.6) is 0 Å². The number of likely N-dealkylation sites (N-methyl/N-ethyl adjacent to an activating group) is 1. The van der Waals surface area contributed by atoms with Crippen molar-refractivity contribution >= 4 is 5.69 Å². The molecule has 0 aliphatic carbocycles. The minimum Gasteiger partial charge on any atom is -0.371 e. The first kappa shape index (κ1) is 12.4. The van der Waals surface area contributed by atoms with Crippen LogP contribution in [0.4, 0.5) is 5.69 Å². The standard InChI is InChI=1S/C17H19N/c1-18(17-13-6-3-7-14-17)15-9-8-12-16-10-4-2-5-11-16/h2-11,13-14H,12,15H2,1H3/b9-8+. The molecule has 0 fully saturated rings. The van der Waals surface area contributed by atoms with Crippen molar-refractivity contribution in [3.8, 4) is 0 Å². The summed E-state index contributed by atoms with van der Waals surface area (Å²) in [6, 6.07) is 21.0. The van der Waals surface area contributed by atoms with E-state index in [1.165, 1.54) is 11.3 Å². The van der Waals surface area contributed by atoms with Gasteiger partial charge in [0.1, 0.15) is 0 Å². The lowest BCUT2D eigenvalue weighted by Crippen LogP contribution is -2.16. The van der Waals surface area contributed by atoms with Gasteiger partial charge in [-0.3, -0.25) is 0 Å². The molecular formula is C17H19N. The number of anilines is 1. The lowest BCUT2D eigenvalue weighted by atomic mass is 10.1. The summed E-state index contributed by atoms with van der Waals surface area (Å²) in [6.45, 7) is 0.941. The van der Waals surface area contributed by atoms with Gasteiger partial charge >= 0.3 is 0 Å². The highest BCUT2D eigenvalue weighted by molar-refractivity contribution is 5.45. The first-order chi connectivity index (χ1) is 8.86. The fourth-order valence-corrected chi connectivity index (χ4v) is 1.85. The fourth-order valence-electron chi connectivity index (χ4n) is 1.85. The molecule has 0 bridgehead atoms. The molecule has 0 spiro atoms. The third kappa shape index (κ3) is 3.77. The largest absolute Gasteiger partial charge is 0.371 e. The predicted molar refractivity (Wildman–Crippen MR) is 79.0 cm³/mol. The molecule has 18 heavy (non-hydrogen) atoms. The maximum Gasteiger partial charge on any atom is 0.0366 e. The molecule has 0 aliphatic heterocycles. The third-order valence-electron chi connectivity index (χ3n) is 2.94. The van der Waals surface area contributed by atoms with Gasteiger partial charge in [0.2, 0.25) is 0 Å². The van der Waals surface area contributed by atoms with Crippen LogP contribution in [-0.4, -0.2) is 13.6 Å². The van der Waals surface area contributed by atoms with Crippen LogP contribution >= 0.6 is 0 Å². The molecular weight excluding hydrogens is 218 g/mol. The van der Waals surface area contributed by atoms with Gasteiger partial charge in [-0.15, -0.1) is 0 Å². The highest BCUT2D eigenvalue weighted by Gasteiger charge is 1.95. The zero-order chi connectivity index (χ0) is 12.6. The quantitative estimate of drug-likeness (QED) is 0.712. The summed E-state index contributed by atoms with van der Waals surface area (Å²) in [5, 5.41) is 0. The van der Waals surface area contributed by atoms with E-state index in [4.69, 9.17) is 0 Å². The van der Waals surface area contributed by atoms with Crippen molar-refractivity contribution in [2.75, 3.05) is 18.5 Å². The van der Waals surface area contributed by atoms with Crippen molar-refractivity contribution in [3.63, 3.8) is 0 Å². The van der Waals surface area contributed by atoms with Gasteiger partial charge in [0.15, 0.2) is 0 Å². The Morgan fingerprint density at radius 2 is 1.44 bits per heavy atom. The zero-order valence-electron chi connectivity index (χ0n) is 10.8. The summed E-state index contributed by atoms with van der Waals surface area (Å²) in [6.07, 6.45) is 5.46. The fraction of sp³-hybridized carbons (Fsp3) is 0.176. The Morgan fingerprint density at radius 1 is 0.833 bits per heavy atom. The zero-order valence-corrected chi connectivity index (χ0v) is 10.8. The molecule has 0 saturated heterocycles. The maximum atomic E-state index is 2.24. The molecule has 0 saturated carbocycles. The van der Waals surface area contributed by atoms with Gasteiger partial charge in [-0.1, -0.05) is 60.7 Å². The molecule has 0 N–H and O–H groups in total. The Bertz CT molecular complexity index is 473. The molecule has 1 heteroatoms. The second-order valence-corrected chi connectivity index (χ2v) is 4.38. The second kappa shape index (κ2) is 6.65. The number of nitrogens with zero attached hydrogens (tertiary/aromatic N) is 1. The number of rotatable bonds is 5. The average Bonchev–Trinajstić information content (AvgIpc) is 2.45. The van der Waals surface area contributed by atoms with E-state index in [0.29, 0.717) is 0 Å². The summed E-state index contributed by atoms with van der Waals surface area (Å²) < 4.78 is 0. The molecule has 0 aromatic heterocycles. The minimum absolute atomic E-state index is 0.941. The van der Waals surface area contributed by atoms with Crippen molar-refractivity contribution in [1.82, 2.24) is 0 Å². The molecule has 0 heterocycles. The van der Waals surface area contributed by atoms with E-state index in [1.807, 2.05) is 6.07 Å². The first-order valence-corrected chi connectivity index (χ1v) is 6.31. The van der Waals surface area contributed by atoms with Gasteiger partial charge in [-0.25, -0.2) is 0 Å². The Hall–Kier alpha value is -2.02. The van der Waals surface area contributed by atoms with Crippen LogP contribution in [0.15, 0.2) is 72.8 Å². The highest BCUT2D eigenvalue weighted by Crippen LogP contribution is 2.10. The molecule has 0 amide bonds. The lowest BCUT2D eigenvalue weighted by Gasteiger charge is -2.16. The number of benzene rings is 2. The Kier molecular flexibility index (Phi) is 4.60. The van der Waals surface area contributed by atoms with Gasteiger partial charge in [-0.2, -0.15) is 0 Å². The summed E-state index contributed by atoms with van der Waals surface area (Å²) in [5.41, 5.74) is 2.61. The van der Waals surface area contributed by atoms with Crippen molar-refractivity contribution in [2.45, 2.75) is 6.42 Å². The van der Waals surface area contributed by atoms with Gasteiger partial charge in [0.05, 0.1) is 0 Å². The van der Waals surface area contributed by atoms with Crippen LogP contribution in [-0.2, 0) is 6.42 Å². The van der Waals surface area contributed by atoms with E-state index >= 15 is 0 Å². The van der Waals surface area contributed by atoms with E-state index in [-0.39, 0.29) is 0 Å². The Morgan fingerprint density at radius 3 is 2.11 bits per heavy atom. The van der Waals surface area contributed by atoms with Crippen LogP contribution in [0.25, 0.3) is 0 Å². The van der Waals surface area contributed by atoms with Crippen molar-refractivity contribution < 1.29 is 0 Å². The van der Waals surface area contributed by atoms with Crippen LogP contribution in [0.3, 0.4) is 0 Å². The Labute approximate surface area is 109 Å². The van der Waals surface area contributed by atoms with Gasteiger partial charge in [-0.05, 0) is 24.1 Å². The summed E-state index contributed by atoms with van der Waals surface area (Å²) in [4.78, 5) is 2.24. The molecule has 2 rings (SSSR count). The topological polar surface area (TPSA) is 3.24 Å².